The number of hydrogen-bond acceptors (Lipinski definition) is 3. The second-order valence-electron chi connectivity index (χ2n) is 4.14. The zero-order valence-electron chi connectivity index (χ0n) is 8.13. The Kier molecular flexibility index (Phi) is 1.68. The third-order valence-electron chi connectivity index (χ3n) is 2.00. The number of nitrogens with zero attached hydrogens (tertiary/aromatic N) is 1. The summed E-state index contributed by atoms with van der Waals surface area (Å²) in [5, 5.41) is 0. The van der Waals surface area contributed by atoms with E-state index in [4.69, 9.17) is 9.47 Å². The Balaban J connectivity index is 2.54. The molecule has 13 heavy (non-hydrogen) atoms. The average Bonchev–Trinajstić information content (AvgIpc) is 2.48. The molecule has 1 aromatic heterocycles. The second-order valence-corrected chi connectivity index (χ2v) is 4.14. The van der Waals surface area contributed by atoms with Gasteiger partial charge in [0, 0.05) is 17.7 Å². The van der Waals surface area contributed by atoms with Crippen molar-refractivity contribution in [2.45, 2.75) is 26.2 Å². The minimum atomic E-state index is -0.000949. The smallest absolute Gasteiger partial charge is 0.231 e. The molecule has 0 spiro atoms. The molecule has 1 aromatic rings. The minimum absolute atomic E-state index is 0.000949. The lowest BCUT2D eigenvalue weighted by Gasteiger charge is -2.18. The summed E-state index contributed by atoms with van der Waals surface area (Å²) in [4.78, 5) is 4.32. The Bertz CT molecular complexity index is 328. The molecule has 0 fully saturated rings. The molecule has 0 aromatic carbocycles. The maximum Gasteiger partial charge on any atom is 0.231 e. The molecule has 1 aliphatic rings. The van der Waals surface area contributed by atoms with E-state index < -0.39 is 0 Å². The van der Waals surface area contributed by atoms with Gasteiger partial charge in [0.15, 0.2) is 11.5 Å². The highest BCUT2D eigenvalue weighted by molar-refractivity contribution is 5.46. The van der Waals surface area contributed by atoms with Crippen LogP contribution in [0.4, 0.5) is 0 Å². The molecule has 1 aliphatic heterocycles. The molecule has 2 rings (SSSR count). The van der Waals surface area contributed by atoms with Crippen LogP contribution in [0.25, 0.3) is 0 Å². The van der Waals surface area contributed by atoms with Crippen LogP contribution < -0.4 is 9.47 Å². The van der Waals surface area contributed by atoms with E-state index in [9.17, 15) is 0 Å². The highest BCUT2D eigenvalue weighted by atomic mass is 16.7. The van der Waals surface area contributed by atoms with Crippen LogP contribution in [0.1, 0.15) is 26.5 Å². The van der Waals surface area contributed by atoms with Crippen molar-refractivity contribution in [2.24, 2.45) is 0 Å². The van der Waals surface area contributed by atoms with Crippen molar-refractivity contribution >= 4 is 0 Å². The highest BCUT2D eigenvalue weighted by Crippen LogP contribution is 2.39. The summed E-state index contributed by atoms with van der Waals surface area (Å²) in [7, 11) is 0. The average molecular weight is 179 g/mol. The van der Waals surface area contributed by atoms with Crippen molar-refractivity contribution < 1.29 is 9.47 Å². The summed E-state index contributed by atoms with van der Waals surface area (Å²) >= 11 is 0. The fourth-order valence-corrected chi connectivity index (χ4v) is 1.37. The molecule has 0 atom stereocenters. The third-order valence-corrected chi connectivity index (χ3v) is 2.00. The summed E-state index contributed by atoms with van der Waals surface area (Å²) in [6.07, 6.45) is 1.76. The SMILES string of the molecule is CC(C)(C)c1nccc2c1OCO2. The topological polar surface area (TPSA) is 31.4 Å². The van der Waals surface area contributed by atoms with Crippen LogP contribution in [0.3, 0.4) is 0 Å². The van der Waals surface area contributed by atoms with Gasteiger partial charge in [-0.25, -0.2) is 0 Å². The van der Waals surface area contributed by atoms with Crippen molar-refractivity contribution in [3.63, 3.8) is 0 Å². The summed E-state index contributed by atoms with van der Waals surface area (Å²) in [5.74, 6) is 1.61. The van der Waals surface area contributed by atoms with E-state index in [2.05, 4.69) is 25.8 Å². The van der Waals surface area contributed by atoms with Gasteiger partial charge in [0.25, 0.3) is 0 Å². The second kappa shape index (κ2) is 2.62. The van der Waals surface area contributed by atoms with Crippen LogP contribution in [-0.4, -0.2) is 11.8 Å². The van der Waals surface area contributed by atoms with Gasteiger partial charge in [0.2, 0.25) is 6.79 Å². The first-order valence-electron chi connectivity index (χ1n) is 4.34. The van der Waals surface area contributed by atoms with Crippen molar-refractivity contribution in [3.05, 3.63) is 18.0 Å². The Hall–Kier alpha value is -1.25. The summed E-state index contributed by atoms with van der Waals surface area (Å²) < 4.78 is 10.6. The van der Waals surface area contributed by atoms with E-state index in [0.29, 0.717) is 6.79 Å². The van der Waals surface area contributed by atoms with Crippen LogP contribution in [0.15, 0.2) is 12.3 Å². The molecule has 0 bridgehead atoms. The third kappa shape index (κ3) is 1.34. The number of rotatable bonds is 0. The maximum absolute atomic E-state index is 5.37. The number of hydrogen-bond donors (Lipinski definition) is 0. The minimum Gasteiger partial charge on any atom is -0.453 e. The fourth-order valence-electron chi connectivity index (χ4n) is 1.37. The van der Waals surface area contributed by atoms with Gasteiger partial charge in [-0.3, -0.25) is 4.98 Å². The van der Waals surface area contributed by atoms with E-state index in [-0.39, 0.29) is 5.41 Å². The summed E-state index contributed by atoms with van der Waals surface area (Å²) in [6, 6.07) is 1.83. The molecule has 0 saturated heterocycles. The van der Waals surface area contributed by atoms with E-state index in [1.54, 1.807) is 6.20 Å². The van der Waals surface area contributed by atoms with Gasteiger partial charge in [-0.05, 0) is 0 Å². The lowest BCUT2D eigenvalue weighted by molar-refractivity contribution is 0.172. The first kappa shape index (κ1) is 8.35. The molecule has 3 nitrogen and oxygen atoms in total. The van der Waals surface area contributed by atoms with Gasteiger partial charge in [0.1, 0.15) is 0 Å². The van der Waals surface area contributed by atoms with E-state index >= 15 is 0 Å². The predicted molar refractivity (Wildman–Crippen MR) is 49.1 cm³/mol. The number of ether oxygens (including phenoxy) is 2. The first-order valence-corrected chi connectivity index (χ1v) is 4.34. The van der Waals surface area contributed by atoms with Crippen LogP contribution in [0, 0.1) is 0 Å². The first-order chi connectivity index (χ1) is 6.09. The lowest BCUT2D eigenvalue weighted by Crippen LogP contribution is -2.14. The fraction of sp³-hybridized carbons (Fsp3) is 0.500. The lowest BCUT2D eigenvalue weighted by atomic mass is 9.91. The molecule has 0 unspecified atom stereocenters. The molecule has 3 heteroatoms. The van der Waals surface area contributed by atoms with Crippen LogP contribution in [0.5, 0.6) is 11.5 Å². The maximum atomic E-state index is 5.37. The highest BCUT2D eigenvalue weighted by Gasteiger charge is 2.26. The van der Waals surface area contributed by atoms with Gasteiger partial charge in [-0.2, -0.15) is 0 Å². The van der Waals surface area contributed by atoms with Gasteiger partial charge in [0.05, 0.1) is 5.69 Å². The Morgan fingerprint density at radius 2 is 2.08 bits per heavy atom. The van der Waals surface area contributed by atoms with Crippen molar-refractivity contribution in [3.8, 4) is 11.5 Å². The van der Waals surface area contributed by atoms with Crippen molar-refractivity contribution in [1.82, 2.24) is 4.98 Å². The molecule has 0 amide bonds. The molecule has 0 saturated carbocycles. The van der Waals surface area contributed by atoms with Crippen LogP contribution in [0.2, 0.25) is 0 Å². The monoisotopic (exact) mass is 179 g/mol. The molecular weight excluding hydrogens is 166 g/mol. The molecular formula is C10H13NO2. The Morgan fingerprint density at radius 3 is 2.77 bits per heavy atom. The number of pyridine rings is 1. The number of aromatic nitrogens is 1. The van der Waals surface area contributed by atoms with Crippen LogP contribution in [-0.2, 0) is 5.41 Å². The number of fused-ring (bicyclic) bond motifs is 1. The van der Waals surface area contributed by atoms with Gasteiger partial charge in [-0.1, -0.05) is 20.8 Å². The van der Waals surface area contributed by atoms with Gasteiger partial charge < -0.3 is 9.47 Å². The standard InChI is InChI=1S/C10H13NO2/c1-10(2,3)9-8-7(4-5-11-9)12-6-13-8/h4-5H,6H2,1-3H3. The molecule has 0 N–H and O–H groups in total. The molecule has 2 heterocycles. The van der Waals surface area contributed by atoms with E-state index in [0.717, 1.165) is 17.2 Å². The quantitative estimate of drug-likeness (QED) is 0.611. The molecule has 0 aliphatic carbocycles. The van der Waals surface area contributed by atoms with E-state index in [1.807, 2.05) is 6.07 Å². The summed E-state index contributed by atoms with van der Waals surface area (Å²) in [6.45, 7) is 6.63. The largest absolute Gasteiger partial charge is 0.453 e. The van der Waals surface area contributed by atoms with Gasteiger partial charge >= 0.3 is 0 Å². The zero-order valence-corrected chi connectivity index (χ0v) is 8.13. The normalized spacial score (nSPS) is 14.7. The molecule has 70 valence electrons. The van der Waals surface area contributed by atoms with Gasteiger partial charge in [-0.15, -0.1) is 0 Å². The molecule has 0 radical (unpaired) electrons. The van der Waals surface area contributed by atoms with E-state index in [1.165, 1.54) is 0 Å². The zero-order chi connectivity index (χ0) is 9.47. The Morgan fingerprint density at radius 1 is 1.31 bits per heavy atom. The Labute approximate surface area is 77.7 Å². The predicted octanol–water partition coefficient (Wildman–Crippen LogP) is 2.11. The van der Waals surface area contributed by atoms with Crippen molar-refractivity contribution in [2.75, 3.05) is 6.79 Å². The van der Waals surface area contributed by atoms with Crippen molar-refractivity contribution in [1.29, 1.82) is 0 Å². The van der Waals surface area contributed by atoms with Crippen LogP contribution >= 0.6 is 0 Å². The summed E-state index contributed by atoms with van der Waals surface area (Å²) in [5.41, 5.74) is 0.960.